The molecular weight excluding hydrogens is 384 g/mol. The Balaban J connectivity index is 1.65. The molecule has 0 aliphatic carbocycles. The minimum atomic E-state index is -0.905. The number of hydrogen-bond donors (Lipinski definition) is 0. The van der Waals surface area contributed by atoms with Crippen molar-refractivity contribution in [3.05, 3.63) is 94.5 Å². The van der Waals surface area contributed by atoms with Crippen molar-refractivity contribution in [2.24, 2.45) is 0 Å². The predicted molar refractivity (Wildman–Crippen MR) is 110 cm³/mol. The first-order valence-electron chi connectivity index (χ1n) is 9.15. The Bertz CT molecular complexity index is 1070. The molecule has 150 valence electrons. The fourth-order valence-corrected chi connectivity index (χ4v) is 2.83. The Morgan fingerprint density at radius 2 is 1.63 bits per heavy atom. The number of nitrogens with zero attached hydrogens (tertiary/aromatic N) is 2. The average molecular weight is 402 g/mol. The summed E-state index contributed by atoms with van der Waals surface area (Å²) in [6.45, 7) is 1.60. The lowest BCUT2D eigenvalue weighted by molar-refractivity contribution is -0.384. The monoisotopic (exact) mass is 402 g/mol. The molecular formula is C23H18N2O5. The molecule has 3 rings (SSSR count). The number of benzene rings is 3. The van der Waals surface area contributed by atoms with Gasteiger partial charge in [-0.1, -0.05) is 36.4 Å². The van der Waals surface area contributed by atoms with Crippen molar-refractivity contribution in [2.75, 3.05) is 0 Å². The Morgan fingerprint density at radius 1 is 0.967 bits per heavy atom. The molecule has 0 saturated heterocycles. The Hall–Kier alpha value is -4.18. The van der Waals surface area contributed by atoms with E-state index in [0.717, 1.165) is 0 Å². The summed E-state index contributed by atoms with van der Waals surface area (Å²) in [7, 11) is 0. The van der Waals surface area contributed by atoms with Crippen LogP contribution in [0.2, 0.25) is 0 Å². The van der Waals surface area contributed by atoms with Crippen LogP contribution in [-0.2, 0) is 4.79 Å². The third-order valence-electron chi connectivity index (χ3n) is 4.35. The number of nitriles is 1. The molecule has 0 aromatic heterocycles. The van der Waals surface area contributed by atoms with Crippen molar-refractivity contribution in [3.8, 4) is 23.3 Å². The lowest BCUT2D eigenvalue weighted by atomic mass is 9.93. The molecule has 0 saturated carbocycles. The van der Waals surface area contributed by atoms with Gasteiger partial charge in [-0.25, -0.2) is 0 Å². The van der Waals surface area contributed by atoms with E-state index in [1.165, 1.54) is 18.2 Å². The van der Waals surface area contributed by atoms with E-state index in [1.54, 1.807) is 61.5 Å². The number of ether oxygens (including phenoxy) is 2. The van der Waals surface area contributed by atoms with E-state index in [1.807, 2.05) is 12.1 Å². The number of hydrogen-bond acceptors (Lipinski definition) is 6. The maximum Gasteiger partial charge on any atom is 0.273 e. The Labute approximate surface area is 173 Å². The van der Waals surface area contributed by atoms with Crippen LogP contribution in [0.15, 0.2) is 78.9 Å². The van der Waals surface area contributed by atoms with Crippen LogP contribution >= 0.6 is 0 Å². The van der Waals surface area contributed by atoms with E-state index in [4.69, 9.17) is 9.47 Å². The SMILES string of the molecule is CC(Oc1ccc(Oc2cccc([N+](=O)[O-])c2)cc1)C(=O)C(C#N)c1ccccc1. The molecule has 0 aliphatic rings. The second-order valence-corrected chi connectivity index (χ2v) is 6.46. The zero-order chi connectivity index (χ0) is 21.5. The number of non-ortho nitro benzene ring substituents is 1. The van der Waals surface area contributed by atoms with E-state index in [2.05, 4.69) is 0 Å². The maximum atomic E-state index is 12.6. The molecule has 0 bridgehead atoms. The summed E-state index contributed by atoms with van der Waals surface area (Å²) in [5.41, 5.74) is 0.561. The van der Waals surface area contributed by atoms with Gasteiger partial charge in [-0.2, -0.15) is 5.26 Å². The van der Waals surface area contributed by atoms with Gasteiger partial charge in [0.2, 0.25) is 0 Å². The van der Waals surface area contributed by atoms with E-state index in [0.29, 0.717) is 22.8 Å². The lowest BCUT2D eigenvalue weighted by Gasteiger charge is -2.17. The maximum absolute atomic E-state index is 12.6. The zero-order valence-electron chi connectivity index (χ0n) is 16.1. The van der Waals surface area contributed by atoms with Gasteiger partial charge in [0, 0.05) is 6.07 Å². The minimum Gasteiger partial charge on any atom is -0.483 e. The smallest absolute Gasteiger partial charge is 0.273 e. The highest BCUT2D eigenvalue weighted by molar-refractivity contribution is 5.92. The van der Waals surface area contributed by atoms with Crippen molar-refractivity contribution < 1.29 is 19.2 Å². The van der Waals surface area contributed by atoms with Gasteiger partial charge in [0.25, 0.3) is 5.69 Å². The first-order valence-corrected chi connectivity index (χ1v) is 9.15. The predicted octanol–water partition coefficient (Wildman–Crippen LogP) is 5.03. The Kier molecular flexibility index (Phi) is 6.40. The summed E-state index contributed by atoms with van der Waals surface area (Å²) < 4.78 is 11.3. The van der Waals surface area contributed by atoms with Crippen molar-refractivity contribution in [1.82, 2.24) is 0 Å². The van der Waals surface area contributed by atoms with E-state index < -0.39 is 16.9 Å². The minimum absolute atomic E-state index is 0.0646. The lowest BCUT2D eigenvalue weighted by Crippen LogP contribution is -2.28. The van der Waals surface area contributed by atoms with Gasteiger partial charge in [-0.3, -0.25) is 14.9 Å². The largest absolute Gasteiger partial charge is 0.483 e. The van der Waals surface area contributed by atoms with Crippen LogP contribution in [0.5, 0.6) is 17.2 Å². The van der Waals surface area contributed by atoms with Gasteiger partial charge in [0.15, 0.2) is 11.9 Å². The highest BCUT2D eigenvalue weighted by Crippen LogP contribution is 2.27. The molecule has 0 aliphatic heterocycles. The van der Waals surface area contributed by atoms with Crippen molar-refractivity contribution >= 4 is 11.5 Å². The highest BCUT2D eigenvalue weighted by atomic mass is 16.6. The molecule has 0 amide bonds. The average Bonchev–Trinajstić information content (AvgIpc) is 2.76. The molecule has 0 N–H and O–H groups in total. The highest BCUT2D eigenvalue weighted by Gasteiger charge is 2.26. The molecule has 0 spiro atoms. The summed E-state index contributed by atoms with van der Waals surface area (Å²) in [6, 6.07) is 23.3. The molecule has 0 radical (unpaired) electrons. The third kappa shape index (κ3) is 5.00. The fraction of sp³-hybridized carbons (Fsp3) is 0.130. The van der Waals surface area contributed by atoms with Crippen molar-refractivity contribution in [3.63, 3.8) is 0 Å². The van der Waals surface area contributed by atoms with Crippen LogP contribution in [0.4, 0.5) is 5.69 Å². The van der Waals surface area contributed by atoms with E-state index in [-0.39, 0.29) is 11.5 Å². The molecule has 7 heteroatoms. The van der Waals surface area contributed by atoms with E-state index in [9.17, 15) is 20.2 Å². The number of carbonyl (C=O) groups is 1. The molecule has 0 heterocycles. The van der Waals surface area contributed by atoms with Gasteiger partial charge in [-0.15, -0.1) is 0 Å². The van der Waals surface area contributed by atoms with Gasteiger partial charge < -0.3 is 9.47 Å². The number of carbonyl (C=O) groups excluding carboxylic acids is 1. The third-order valence-corrected chi connectivity index (χ3v) is 4.35. The van der Waals surface area contributed by atoms with Crippen LogP contribution < -0.4 is 9.47 Å². The molecule has 3 aromatic carbocycles. The van der Waals surface area contributed by atoms with Crippen LogP contribution in [0.3, 0.4) is 0 Å². The topological polar surface area (TPSA) is 102 Å². The fourth-order valence-electron chi connectivity index (χ4n) is 2.83. The van der Waals surface area contributed by atoms with Gasteiger partial charge in [-0.05, 0) is 42.8 Å². The second kappa shape index (κ2) is 9.34. The van der Waals surface area contributed by atoms with E-state index >= 15 is 0 Å². The Morgan fingerprint density at radius 3 is 2.27 bits per heavy atom. The molecule has 7 nitrogen and oxygen atoms in total. The van der Waals surface area contributed by atoms with Crippen LogP contribution in [-0.4, -0.2) is 16.8 Å². The van der Waals surface area contributed by atoms with Gasteiger partial charge in [0.05, 0.1) is 17.1 Å². The number of Topliss-reactive ketones (excluding diaryl/α,β-unsaturated/α-hetero) is 1. The summed E-state index contributed by atoms with van der Waals surface area (Å²) in [5, 5.41) is 20.3. The first kappa shape index (κ1) is 20.6. The summed E-state index contributed by atoms with van der Waals surface area (Å²) in [6.07, 6.45) is -0.821. The normalized spacial score (nSPS) is 12.3. The second-order valence-electron chi connectivity index (χ2n) is 6.46. The first-order chi connectivity index (χ1) is 14.5. The van der Waals surface area contributed by atoms with Crippen LogP contribution in [0.1, 0.15) is 18.4 Å². The molecule has 30 heavy (non-hydrogen) atoms. The van der Waals surface area contributed by atoms with Gasteiger partial charge in [0.1, 0.15) is 23.2 Å². The van der Waals surface area contributed by atoms with Crippen molar-refractivity contribution in [2.45, 2.75) is 18.9 Å². The van der Waals surface area contributed by atoms with Crippen LogP contribution in [0.25, 0.3) is 0 Å². The summed E-state index contributed by atoms with van der Waals surface area (Å²) in [5.74, 6) is -0.00700. The number of ketones is 1. The molecule has 0 fully saturated rings. The van der Waals surface area contributed by atoms with Crippen molar-refractivity contribution in [1.29, 1.82) is 5.26 Å². The zero-order valence-corrected chi connectivity index (χ0v) is 16.1. The van der Waals surface area contributed by atoms with Gasteiger partial charge >= 0.3 is 0 Å². The molecule has 3 aromatic rings. The summed E-state index contributed by atoms with van der Waals surface area (Å²) in [4.78, 5) is 23.0. The number of rotatable bonds is 8. The number of nitro benzene ring substituents is 1. The summed E-state index contributed by atoms with van der Waals surface area (Å²) >= 11 is 0. The molecule has 2 atom stereocenters. The quantitative estimate of drug-likeness (QED) is 0.387. The molecule has 2 unspecified atom stereocenters. The number of nitro groups is 1. The standard InChI is InChI=1S/C23H18N2O5/c1-16(23(26)22(15-24)17-6-3-2-4-7-17)29-19-10-12-20(13-11-19)30-21-9-5-8-18(14-21)25(27)28/h2-14,16,22H,1H3. The van der Waals surface area contributed by atoms with Crippen LogP contribution in [0, 0.1) is 21.4 Å².